The average Bonchev–Trinajstić information content (AvgIpc) is 2.50. The van der Waals surface area contributed by atoms with Crippen molar-refractivity contribution in [2.75, 3.05) is 33.8 Å². The molecule has 2 atom stereocenters. The average molecular weight is 355 g/mol. The summed E-state index contributed by atoms with van der Waals surface area (Å²) in [7, 11) is 4.24. The molecule has 1 saturated heterocycles. The van der Waals surface area contributed by atoms with Gasteiger partial charge in [-0.1, -0.05) is 28.1 Å². The van der Waals surface area contributed by atoms with Crippen LogP contribution in [0.2, 0.25) is 0 Å². The minimum Gasteiger partial charge on any atom is -0.377 e. The Labute approximate surface area is 137 Å². The van der Waals surface area contributed by atoms with Crippen molar-refractivity contribution in [3.8, 4) is 0 Å². The fraction of sp³-hybridized carbons (Fsp3) is 0.647. The van der Waals surface area contributed by atoms with Crippen LogP contribution in [0.1, 0.15) is 37.3 Å². The third-order valence-corrected chi connectivity index (χ3v) is 4.74. The molecule has 118 valence electrons. The maximum atomic E-state index is 5.82. The second-order valence-electron chi connectivity index (χ2n) is 5.93. The molecule has 0 radical (unpaired) electrons. The zero-order chi connectivity index (χ0) is 15.1. The summed E-state index contributed by atoms with van der Waals surface area (Å²) in [6.07, 6.45) is 5.31. The molecule has 1 aliphatic heterocycles. The van der Waals surface area contributed by atoms with Crippen LogP contribution in [0, 0.1) is 0 Å². The first kappa shape index (κ1) is 16.9. The molecule has 1 aromatic rings. The Balaban J connectivity index is 1.77. The van der Waals surface area contributed by atoms with Gasteiger partial charge in [-0.25, -0.2) is 0 Å². The zero-order valence-corrected chi connectivity index (χ0v) is 14.7. The van der Waals surface area contributed by atoms with Crippen LogP contribution < -0.4 is 5.32 Å². The van der Waals surface area contributed by atoms with Gasteiger partial charge in [-0.2, -0.15) is 0 Å². The lowest BCUT2D eigenvalue weighted by Crippen LogP contribution is -2.35. The summed E-state index contributed by atoms with van der Waals surface area (Å²) in [5.74, 6) is 0. The van der Waals surface area contributed by atoms with Gasteiger partial charge in [-0.15, -0.1) is 0 Å². The SMILES string of the molecule is CNC(CCN(C)CC1CCCCO1)c1ccc(Br)cc1. The van der Waals surface area contributed by atoms with Gasteiger partial charge >= 0.3 is 0 Å². The monoisotopic (exact) mass is 354 g/mol. The first-order valence-corrected chi connectivity index (χ1v) is 8.71. The highest BCUT2D eigenvalue weighted by molar-refractivity contribution is 9.10. The number of hydrogen-bond acceptors (Lipinski definition) is 3. The molecule has 1 N–H and O–H groups in total. The first-order valence-electron chi connectivity index (χ1n) is 7.92. The van der Waals surface area contributed by atoms with E-state index in [0.29, 0.717) is 12.1 Å². The summed E-state index contributed by atoms with van der Waals surface area (Å²) < 4.78 is 6.95. The Morgan fingerprint density at radius 2 is 2.10 bits per heavy atom. The van der Waals surface area contributed by atoms with Crippen molar-refractivity contribution < 1.29 is 4.74 Å². The van der Waals surface area contributed by atoms with Gasteiger partial charge in [0.2, 0.25) is 0 Å². The Hall–Kier alpha value is -0.420. The summed E-state index contributed by atoms with van der Waals surface area (Å²) >= 11 is 3.49. The zero-order valence-electron chi connectivity index (χ0n) is 13.1. The molecule has 21 heavy (non-hydrogen) atoms. The largest absolute Gasteiger partial charge is 0.377 e. The summed E-state index contributed by atoms with van der Waals surface area (Å²) in [4.78, 5) is 2.40. The molecule has 4 heteroatoms. The quantitative estimate of drug-likeness (QED) is 0.809. The van der Waals surface area contributed by atoms with E-state index in [2.05, 4.69) is 57.5 Å². The predicted octanol–water partition coefficient (Wildman–Crippen LogP) is 3.60. The second-order valence-corrected chi connectivity index (χ2v) is 6.85. The Morgan fingerprint density at radius 3 is 2.71 bits per heavy atom. The van der Waals surface area contributed by atoms with Gasteiger partial charge in [0.05, 0.1) is 6.10 Å². The molecule has 2 rings (SSSR count). The molecule has 2 unspecified atom stereocenters. The Bertz CT molecular complexity index is 404. The Kier molecular flexibility index (Phi) is 7.17. The van der Waals surface area contributed by atoms with Crippen molar-refractivity contribution in [3.63, 3.8) is 0 Å². The molecule has 3 nitrogen and oxygen atoms in total. The van der Waals surface area contributed by atoms with Gasteiger partial charge in [-0.05, 0) is 64.0 Å². The van der Waals surface area contributed by atoms with Crippen LogP contribution in [0.4, 0.5) is 0 Å². The highest BCUT2D eigenvalue weighted by atomic mass is 79.9. The molecule has 1 aromatic carbocycles. The number of likely N-dealkylation sites (N-methyl/N-ethyl adjacent to an activating group) is 1. The van der Waals surface area contributed by atoms with Gasteiger partial charge in [0, 0.05) is 23.7 Å². The molecule has 0 bridgehead atoms. The minimum absolute atomic E-state index is 0.410. The fourth-order valence-corrected chi connectivity index (χ4v) is 3.18. The molecule has 0 aromatic heterocycles. The van der Waals surface area contributed by atoms with E-state index in [9.17, 15) is 0 Å². The van der Waals surface area contributed by atoms with Crippen LogP contribution in [-0.2, 0) is 4.74 Å². The van der Waals surface area contributed by atoms with Gasteiger partial charge in [-0.3, -0.25) is 0 Å². The molecule has 1 aliphatic rings. The second kappa shape index (κ2) is 8.89. The standard InChI is InChI=1S/C17H27BrN2O/c1-19-17(14-6-8-15(18)9-7-14)10-11-20(2)13-16-5-3-4-12-21-16/h6-9,16-17,19H,3-5,10-13H2,1-2H3. The van der Waals surface area contributed by atoms with E-state index in [1.807, 2.05) is 7.05 Å². The lowest BCUT2D eigenvalue weighted by molar-refractivity contribution is -0.00184. The van der Waals surface area contributed by atoms with Crippen LogP contribution in [0.25, 0.3) is 0 Å². The number of nitrogens with one attached hydrogen (secondary N) is 1. The molecule has 0 amide bonds. The molecular weight excluding hydrogens is 328 g/mol. The van der Waals surface area contributed by atoms with Gasteiger partial charge in [0.15, 0.2) is 0 Å². The van der Waals surface area contributed by atoms with Crippen LogP contribution in [-0.4, -0.2) is 44.8 Å². The van der Waals surface area contributed by atoms with Gasteiger partial charge in [0.1, 0.15) is 0 Å². The van der Waals surface area contributed by atoms with E-state index in [4.69, 9.17) is 4.74 Å². The molecule has 1 fully saturated rings. The lowest BCUT2D eigenvalue weighted by Gasteiger charge is -2.28. The lowest BCUT2D eigenvalue weighted by atomic mass is 10.0. The number of ether oxygens (including phenoxy) is 1. The minimum atomic E-state index is 0.410. The van der Waals surface area contributed by atoms with Crippen LogP contribution >= 0.6 is 15.9 Å². The number of benzene rings is 1. The molecule has 0 saturated carbocycles. The summed E-state index contributed by atoms with van der Waals surface area (Å²) in [6.45, 7) is 3.08. The van der Waals surface area contributed by atoms with Crippen molar-refractivity contribution in [1.82, 2.24) is 10.2 Å². The van der Waals surface area contributed by atoms with E-state index in [-0.39, 0.29) is 0 Å². The number of hydrogen-bond donors (Lipinski definition) is 1. The maximum absolute atomic E-state index is 5.82. The Morgan fingerprint density at radius 1 is 1.33 bits per heavy atom. The molecule has 1 heterocycles. The first-order chi connectivity index (χ1) is 10.2. The predicted molar refractivity (Wildman–Crippen MR) is 91.6 cm³/mol. The van der Waals surface area contributed by atoms with Crippen LogP contribution in [0.3, 0.4) is 0 Å². The molecule has 0 aliphatic carbocycles. The summed E-state index contributed by atoms with van der Waals surface area (Å²) in [5, 5.41) is 3.42. The highest BCUT2D eigenvalue weighted by Crippen LogP contribution is 2.20. The smallest absolute Gasteiger partial charge is 0.0701 e. The van der Waals surface area contributed by atoms with Crippen molar-refractivity contribution >= 4 is 15.9 Å². The van der Waals surface area contributed by atoms with Crippen molar-refractivity contribution in [2.24, 2.45) is 0 Å². The van der Waals surface area contributed by atoms with Crippen molar-refractivity contribution in [1.29, 1.82) is 0 Å². The molecular formula is C17H27BrN2O. The molecule has 0 spiro atoms. The van der Waals surface area contributed by atoms with Gasteiger partial charge < -0.3 is 15.0 Å². The van der Waals surface area contributed by atoms with Crippen molar-refractivity contribution in [2.45, 2.75) is 37.8 Å². The van der Waals surface area contributed by atoms with E-state index in [0.717, 1.165) is 30.6 Å². The number of halogens is 1. The van der Waals surface area contributed by atoms with E-state index in [1.165, 1.54) is 24.8 Å². The number of rotatable bonds is 7. The normalized spacial score (nSPS) is 20.7. The third-order valence-electron chi connectivity index (χ3n) is 4.21. The highest BCUT2D eigenvalue weighted by Gasteiger charge is 2.17. The van der Waals surface area contributed by atoms with Crippen LogP contribution in [0.15, 0.2) is 28.7 Å². The van der Waals surface area contributed by atoms with Crippen molar-refractivity contribution in [3.05, 3.63) is 34.3 Å². The van der Waals surface area contributed by atoms with Crippen LogP contribution in [0.5, 0.6) is 0 Å². The topological polar surface area (TPSA) is 24.5 Å². The van der Waals surface area contributed by atoms with Gasteiger partial charge in [0.25, 0.3) is 0 Å². The fourth-order valence-electron chi connectivity index (χ4n) is 2.91. The summed E-state index contributed by atoms with van der Waals surface area (Å²) in [5.41, 5.74) is 1.35. The van der Waals surface area contributed by atoms with E-state index < -0.39 is 0 Å². The maximum Gasteiger partial charge on any atom is 0.0701 e. The van der Waals surface area contributed by atoms with E-state index in [1.54, 1.807) is 0 Å². The number of nitrogens with zero attached hydrogens (tertiary/aromatic N) is 1. The van der Waals surface area contributed by atoms with E-state index >= 15 is 0 Å². The third kappa shape index (κ3) is 5.70. The summed E-state index contributed by atoms with van der Waals surface area (Å²) in [6, 6.07) is 9.01.